The summed E-state index contributed by atoms with van der Waals surface area (Å²) >= 11 is 0. The van der Waals surface area contributed by atoms with Crippen LogP contribution >= 0.6 is 0 Å². The van der Waals surface area contributed by atoms with Gasteiger partial charge in [-0.1, -0.05) is 17.7 Å². The van der Waals surface area contributed by atoms with E-state index in [0.717, 1.165) is 16.5 Å². The Morgan fingerprint density at radius 3 is 2.88 bits per heavy atom. The molecule has 0 saturated carbocycles. The third kappa shape index (κ3) is 3.51. The Hall–Kier alpha value is -2.95. The molecule has 1 atom stereocenters. The Kier molecular flexibility index (Phi) is 4.42. The third-order valence-electron chi connectivity index (χ3n) is 3.89. The number of nitrogens with zero attached hydrogens (tertiary/aromatic N) is 1. The average Bonchev–Trinajstić information content (AvgIpc) is 2.55. The zero-order chi connectivity index (χ0) is 17.1. The van der Waals surface area contributed by atoms with Crippen LogP contribution in [0.25, 0.3) is 10.9 Å². The largest absolute Gasteiger partial charge is 0.349 e. The second kappa shape index (κ2) is 6.66. The first-order valence-corrected chi connectivity index (χ1v) is 7.86. The van der Waals surface area contributed by atoms with E-state index in [2.05, 4.69) is 15.3 Å². The smallest absolute Gasteiger partial charge is 0.252 e. The van der Waals surface area contributed by atoms with E-state index in [-0.39, 0.29) is 17.5 Å². The van der Waals surface area contributed by atoms with Crippen molar-refractivity contribution in [3.8, 4) is 0 Å². The van der Waals surface area contributed by atoms with Crippen LogP contribution < -0.4 is 10.9 Å². The average molecular weight is 321 g/mol. The molecule has 2 N–H and O–H groups in total. The SMILES string of the molecule is Cc1ccc2[nH]c(=O)cc(C(=O)N[C@@H](C)Cc3cccnc3)c2c1. The minimum Gasteiger partial charge on any atom is -0.349 e. The van der Waals surface area contributed by atoms with Gasteiger partial charge in [0.25, 0.3) is 5.91 Å². The molecule has 1 aromatic carbocycles. The predicted molar refractivity (Wildman–Crippen MR) is 94.2 cm³/mol. The van der Waals surface area contributed by atoms with Crippen molar-refractivity contribution < 1.29 is 4.79 Å². The summed E-state index contributed by atoms with van der Waals surface area (Å²) in [6.45, 7) is 3.89. The minimum atomic E-state index is -0.281. The van der Waals surface area contributed by atoms with Crippen LogP contribution in [-0.2, 0) is 6.42 Å². The summed E-state index contributed by atoms with van der Waals surface area (Å²) in [5.41, 5.74) is 2.87. The molecule has 2 aromatic heterocycles. The molecule has 24 heavy (non-hydrogen) atoms. The van der Waals surface area contributed by atoms with Crippen molar-refractivity contribution in [2.75, 3.05) is 0 Å². The zero-order valence-corrected chi connectivity index (χ0v) is 13.7. The summed E-state index contributed by atoms with van der Waals surface area (Å²) in [6, 6.07) is 10.8. The fourth-order valence-electron chi connectivity index (χ4n) is 2.78. The molecule has 0 fully saturated rings. The highest BCUT2D eigenvalue weighted by Crippen LogP contribution is 2.17. The van der Waals surface area contributed by atoms with Gasteiger partial charge in [0.1, 0.15) is 0 Å². The number of rotatable bonds is 4. The summed E-state index contributed by atoms with van der Waals surface area (Å²) in [5, 5.41) is 3.71. The fraction of sp³-hybridized carbons (Fsp3) is 0.211. The molecule has 0 spiro atoms. The first kappa shape index (κ1) is 15.9. The van der Waals surface area contributed by atoms with Gasteiger partial charge >= 0.3 is 0 Å². The van der Waals surface area contributed by atoms with Gasteiger partial charge in [0, 0.05) is 35.4 Å². The molecule has 2 heterocycles. The van der Waals surface area contributed by atoms with E-state index in [4.69, 9.17) is 0 Å². The Morgan fingerprint density at radius 1 is 1.29 bits per heavy atom. The van der Waals surface area contributed by atoms with Gasteiger partial charge in [-0.05, 0) is 44.0 Å². The first-order valence-electron chi connectivity index (χ1n) is 7.86. The molecule has 0 unspecified atom stereocenters. The number of H-pyrrole nitrogens is 1. The van der Waals surface area contributed by atoms with Crippen molar-refractivity contribution in [2.24, 2.45) is 0 Å². The second-order valence-electron chi connectivity index (χ2n) is 6.04. The third-order valence-corrected chi connectivity index (χ3v) is 3.89. The number of aromatic amines is 1. The summed E-state index contributed by atoms with van der Waals surface area (Å²) in [4.78, 5) is 31.3. The van der Waals surface area contributed by atoms with Crippen molar-refractivity contribution in [1.29, 1.82) is 0 Å². The van der Waals surface area contributed by atoms with E-state index in [0.29, 0.717) is 17.5 Å². The highest BCUT2D eigenvalue weighted by atomic mass is 16.2. The lowest BCUT2D eigenvalue weighted by Crippen LogP contribution is -2.34. The highest BCUT2D eigenvalue weighted by molar-refractivity contribution is 6.06. The molecular formula is C19H19N3O2. The van der Waals surface area contributed by atoms with E-state index in [1.165, 1.54) is 6.07 Å². The standard InChI is InChI=1S/C19H19N3O2/c1-12-5-6-17-15(8-12)16(10-18(23)22-17)19(24)21-13(2)9-14-4-3-7-20-11-14/h3-8,10-11,13H,9H2,1-2H3,(H,21,24)(H,22,23)/t13-/m0/s1. The minimum absolute atomic E-state index is 0.0687. The van der Waals surface area contributed by atoms with Gasteiger partial charge in [-0.3, -0.25) is 14.6 Å². The van der Waals surface area contributed by atoms with Crippen molar-refractivity contribution in [2.45, 2.75) is 26.3 Å². The van der Waals surface area contributed by atoms with Gasteiger partial charge in [0.15, 0.2) is 0 Å². The number of nitrogens with one attached hydrogen (secondary N) is 2. The second-order valence-corrected chi connectivity index (χ2v) is 6.04. The van der Waals surface area contributed by atoms with Crippen LogP contribution in [0.4, 0.5) is 0 Å². The van der Waals surface area contributed by atoms with Gasteiger partial charge in [-0.15, -0.1) is 0 Å². The normalized spacial score (nSPS) is 12.1. The lowest BCUT2D eigenvalue weighted by molar-refractivity contribution is 0.0941. The van der Waals surface area contributed by atoms with Crippen molar-refractivity contribution in [1.82, 2.24) is 15.3 Å². The maximum absolute atomic E-state index is 12.6. The van der Waals surface area contributed by atoms with E-state index in [9.17, 15) is 9.59 Å². The van der Waals surface area contributed by atoms with E-state index in [1.54, 1.807) is 12.4 Å². The van der Waals surface area contributed by atoms with Crippen molar-refractivity contribution in [3.05, 3.63) is 75.8 Å². The van der Waals surface area contributed by atoms with Crippen LogP contribution in [0, 0.1) is 6.92 Å². The molecule has 5 heteroatoms. The molecule has 0 aliphatic carbocycles. The quantitative estimate of drug-likeness (QED) is 0.775. The van der Waals surface area contributed by atoms with E-state index in [1.807, 2.05) is 44.2 Å². The van der Waals surface area contributed by atoms with Crippen molar-refractivity contribution in [3.63, 3.8) is 0 Å². The number of benzene rings is 1. The molecule has 122 valence electrons. The molecule has 0 bridgehead atoms. The first-order chi connectivity index (χ1) is 11.5. The molecule has 0 aliphatic rings. The molecule has 0 aliphatic heterocycles. The lowest BCUT2D eigenvalue weighted by Gasteiger charge is -2.15. The van der Waals surface area contributed by atoms with Crippen LogP contribution in [0.1, 0.15) is 28.4 Å². The summed E-state index contributed by atoms with van der Waals surface area (Å²) in [6.07, 6.45) is 4.19. The Morgan fingerprint density at radius 2 is 2.12 bits per heavy atom. The maximum Gasteiger partial charge on any atom is 0.252 e. The van der Waals surface area contributed by atoms with Crippen LogP contribution in [-0.4, -0.2) is 21.9 Å². The van der Waals surface area contributed by atoms with Gasteiger partial charge in [0.2, 0.25) is 5.56 Å². The van der Waals surface area contributed by atoms with Gasteiger partial charge in [-0.2, -0.15) is 0 Å². The number of carbonyl (C=O) groups excluding carboxylic acids is 1. The fourth-order valence-corrected chi connectivity index (χ4v) is 2.78. The predicted octanol–water partition coefficient (Wildman–Crippen LogP) is 2.59. The van der Waals surface area contributed by atoms with Crippen LogP contribution in [0.5, 0.6) is 0 Å². The molecule has 3 rings (SSSR count). The Balaban J connectivity index is 1.86. The molecule has 1 amide bonds. The summed E-state index contributed by atoms with van der Waals surface area (Å²) in [5.74, 6) is -0.243. The van der Waals surface area contributed by atoms with Crippen LogP contribution in [0.2, 0.25) is 0 Å². The monoisotopic (exact) mass is 321 g/mol. The molecule has 0 saturated heterocycles. The van der Waals surface area contributed by atoms with E-state index >= 15 is 0 Å². The molecular weight excluding hydrogens is 302 g/mol. The lowest BCUT2D eigenvalue weighted by atomic mass is 10.0. The topological polar surface area (TPSA) is 74.8 Å². The molecule has 0 radical (unpaired) electrons. The summed E-state index contributed by atoms with van der Waals surface area (Å²) in [7, 11) is 0. The van der Waals surface area contributed by atoms with Crippen LogP contribution in [0.3, 0.4) is 0 Å². The molecule has 3 aromatic rings. The number of hydrogen-bond donors (Lipinski definition) is 2. The van der Waals surface area contributed by atoms with Crippen LogP contribution in [0.15, 0.2) is 53.6 Å². The number of carbonyl (C=O) groups is 1. The number of hydrogen-bond acceptors (Lipinski definition) is 3. The maximum atomic E-state index is 12.6. The summed E-state index contributed by atoms with van der Waals surface area (Å²) < 4.78 is 0. The molecule has 5 nitrogen and oxygen atoms in total. The number of pyridine rings is 2. The number of aromatic nitrogens is 2. The highest BCUT2D eigenvalue weighted by Gasteiger charge is 2.14. The number of aryl methyl sites for hydroxylation is 1. The van der Waals surface area contributed by atoms with Gasteiger partial charge < -0.3 is 10.3 Å². The van der Waals surface area contributed by atoms with E-state index < -0.39 is 0 Å². The van der Waals surface area contributed by atoms with Crippen molar-refractivity contribution >= 4 is 16.8 Å². The van der Waals surface area contributed by atoms with Gasteiger partial charge in [-0.25, -0.2) is 0 Å². The van der Waals surface area contributed by atoms with Gasteiger partial charge in [0.05, 0.1) is 5.56 Å². The zero-order valence-electron chi connectivity index (χ0n) is 13.7. The Bertz CT molecular complexity index is 932. The number of fused-ring (bicyclic) bond motifs is 1. The Labute approximate surface area is 139 Å². The number of amides is 1.